The lowest BCUT2D eigenvalue weighted by Gasteiger charge is -2.12. The molecule has 1 atom stereocenters. The first kappa shape index (κ1) is 10.9. The van der Waals surface area contributed by atoms with Gasteiger partial charge in [-0.15, -0.1) is 0 Å². The molecule has 0 bridgehead atoms. The summed E-state index contributed by atoms with van der Waals surface area (Å²) in [7, 11) is 1.59. The van der Waals surface area contributed by atoms with Crippen LogP contribution in [-0.2, 0) is 4.74 Å². The molecule has 1 aromatic rings. The molecule has 0 aliphatic rings. The summed E-state index contributed by atoms with van der Waals surface area (Å²) in [4.78, 5) is 0. The minimum atomic E-state index is -0.238. The van der Waals surface area contributed by atoms with Crippen molar-refractivity contribution < 1.29 is 9.13 Å². The maximum absolute atomic E-state index is 12.7. The summed E-state index contributed by atoms with van der Waals surface area (Å²) < 4.78 is 18.5. The van der Waals surface area contributed by atoms with E-state index in [0.717, 1.165) is 9.13 Å². The van der Waals surface area contributed by atoms with E-state index in [9.17, 15) is 4.39 Å². The second-order valence-electron chi connectivity index (χ2n) is 2.73. The molecule has 0 radical (unpaired) electrons. The standard InChI is InChI=1S/C9H11FINO/c1-13-5-9(12)7-3-2-6(10)4-8(7)11/h2-4,9H,5,12H2,1H3/t9-/m1/s1. The van der Waals surface area contributed by atoms with Gasteiger partial charge in [0.2, 0.25) is 0 Å². The van der Waals surface area contributed by atoms with E-state index >= 15 is 0 Å². The van der Waals surface area contributed by atoms with Crippen LogP contribution in [-0.4, -0.2) is 13.7 Å². The van der Waals surface area contributed by atoms with Gasteiger partial charge in [-0.2, -0.15) is 0 Å². The quantitative estimate of drug-likeness (QED) is 0.867. The van der Waals surface area contributed by atoms with E-state index in [2.05, 4.69) is 22.6 Å². The van der Waals surface area contributed by atoms with Crippen LogP contribution in [0.3, 0.4) is 0 Å². The average molecular weight is 295 g/mol. The van der Waals surface area contributed by atoms with Crippen molar-refractivity contribution in [2.75, 3.05) is 13.7 Å². The first-order valence-corrected chi connectivity index (χ1v) is 4.92. The van der Waals surface area contributed by atoms with Gasteiger partial charge < -0.3 is 10.5 Å². The fourth-order valence-electron chi connectivity index (χ4n) is 1.07. The summed E-state index contributed by atoms with van der Waals surface area (Å²) >= 11 is 2.07. The van der Waals surface area contributed by atoms with E-state index in [1.165, 1.54) is 12.1 Å². The molecule has 0 saturated heterocycles. The molecule has 13 heavy (non-hydrogen) atoms. The third-order valence-corrected chi connectivity index (χ3v) is 2.64. The highest BCUT2D eigenvalue weighted by Gasteiger charge is 2.09. The van der Waals surface area contributed by atoms with Gasteiger partial charge in [0.25, 0.3) is 0 Å². The highest BCUT2D eigenvalue weighted by molar-refractivity contribution is 14.1. The zero-order chi connectivity index (χ0) is 9.84. The van der Waals surface area contributed by atoms with Gasteiger partial charge in [-0.05, 0) is 40.3 Å². The van der Waals surface area contributed by atoms with Gasteiger partial charge in [0.05, 0.1) is 12.6 Å². The maximum atomic E-state index is 12.7. The molecule has 1 rings (SSSR count). The van der Waals surface area contributed by atoms with Crippen molar-refractivity contribution in [2.45, 2.75) is 6.04 Å². The number of nitrogens with two attached hydrogens (primary N) is 1. The molecule has 1 aromatic carbocycles. The predicted molar refractivity (Wildman–Crippen MR) is 57.9 cm³/mol. The summed E-state index contributed by atoms with van der Waals surface area (Å²) in [6.07, 6.45) is 0. The van der Waals surface area contributed by atoms with Crippen molar-refractivity contribution in [1.29, 1.82) is 0 Å². The first-order chi connectivity index (χ1) is 6.15. The summed E-state index contributed by atoms with van der Waals surface area (Å²) in [5, 5.41) is 0. The Bertz CT molecular complexity index is 293. The van der Waals surface area contributed by atoms with Crippen molar-refractivity contribution in [3.05, 3.63) is 33.1 Å². The second-order valence-corrected chi connectivity index (χ2v) is 3.89. The zero-order valence-corrected chi connectivity index (χ0v) is 9.42. The van der Waals surface area contributed by atoms with Crippen molar-refractivity contribution in [1.82, 2.24) is 0 Å². The van der Waals surface area contributed by atoms with Crippen LogP contribution in [0.5, 0.6) is 0 Å². The van der Waals surface area contributed by atoms with E-state index in [1.54, 1.807) is 13.2 Å². The fourth-order valence-corrected chi connectivity index (χ4v) is 1.95. The van der Waals surface area contributed by atoms with E-state index in [-0.39, 0.29) is 11.9 Å². The van der Waals surface area contributed by atoms with Gasteiger partial charge in [-0.25, -0.2) is 4.39 Å². The topological polar surface area (TPSA) is 35.2 Å². The zero-order valence-electron chi connectivity index (χ0n) is 7.26. The molecule has 0 spiro atoms. The molecular formula is C9H11FINO. The Labute approximate surface area is 90.4 Å². The second kappa shape index (κ2) is 4.88. The highest BCUT2D eigenvalue weighted by atomic mass is 127. The van der Waals surface area contributed by atoms with Crippen molar-refractivity contribution in [3.63, 3.8) is 0 Å². The number of hydrogen-bond donors (Lipinski definition) is 1. The molecule has 4 heteroatoms. The van der Waals surface area contributed by atoms with Gasteiger partial charge in [-0.3, -0.25) is 0 Å². The first-order valence-electron chi connectivity index (χ1n) is 3.84. The van der Waals surface area contributed by atoms with Crippen LogP contribution in [0.4, 0.5) is 4.39 Å². The lowest BCUT2D eigenvalue weighted by Crippen LogP contribution is -2.17. The molecule has 0 unspecified atom stereocenters. The maximum Gasteiger partial charge on any atom is 0.124 e. The molecular weight excluding hydrogens is 284 g/mol. The van der Waals surface area contributed by atoms with Gasteiger partial charge in [0, 0.05) is 10.7 Å². The predicted octanol–water partition coefficient (Wildman–Crippen LogP) is 2.08. The number of halogens is 2. The number of ether oxygens (including phenoxy) is 1. The van der Waals surface area contributed by atoms with Crippen LogP contribution in [0.25, 0.3) is 0 Å². The number of rotatable bonds is 3. The van der Waals surface area contributed by atoms with Crippen LogP contribution in [0, 0.1) is 9.39 Å². The third kappa shape index (κ3) is 2.89. The highest BCUT2D eigenvalue weighted by Crippen LogP contribution is 2.19. The smallest absolute Gasteiger partial charge is 0.124 e. The Morgan fingerprint density at radius 1 is 1.62 bits per heavy atom. The average Bonchev–Trinajstić information content (AvgIpc) is 2.04. The molecule has 72 valence electrons. The largest absolute Gasteiger partial charge is 0.383 e. The Hall–Kier alpha value is -0.200. The van der Waals surface area contributed by atoms with Gasteiger partial charge in [0.15, 0.2) is 0 Å². The monoisotopic (exact) mass is 295 g/mol. The molecule has 2 N–H and O–H groups in total. The molecule has 0 aromatic heterocycles. The van der Waals surface area contributed by atoms with E-state index in [1.807, 2.05) is 0 Å². The van der Waals surface area contributed by atoms with Crippen LogP contribution in [0.2, 0.25) is 0 Å². The van der Waals surface area contributed by atoms with Crippen LogP contribution >= 0.6 is 22.6 Å². The lowest BCUT2D eigenvalue weighted by atomic mass is 10.1. The van der Waals surface area contributed by atoms with Crippen molar-refractivity contribution in [2.24, 2.45) is 5.73 Å². The van der Waals surface area contributed by atoms with Crippen molar-refractivity contribution >= 4 is 22.6 Å². The van der Waals surface area contributed by atoms with Gasteiger partial charge >= 0.3 is 0 Å². The molecule has 0 aliphatic carbocycles. The van der Waals surface area contributed by atoms with Crippen LogP contribution in [0.1, 0.15) is 11.6 Å². The van der Waals surface area contributed by atoms with Crippen LogP contribution < -0.4 is 5.73 Å². The molecule has 0 saturated carbocycles. The summed E-state index contributed by atoms with van der Waals surface area (Å²) in [6, 6.07) is 4.39. The number of methoxy groups -OCH3 is 1. The van der Waals surface area contributed by atoms with Crippen molar-refractivity contribution in [3.8, 4) is 0 Å². The third-order valence-electron chi connectivity index (χ3n) is 1.71. The molecule has 0 aliphatic heterocycles. The molecule has 2 nitrogen and oxygen atoms in total. The lowest BCUT2D eigenvalue weighted by molar-refractivity contribution is 0.180. The van der Waals surface area contributed by atoms with Crippen LogP contribution in [0.15, 0.2) is 18.2 Å². The summed E-state index contributed by atoms with van der Waals surface area (Å²) in [5.74, 6) is -0.238. The molecule has 0 heterocycles. The van der Waals surface area contributed by atoms with E-state index < -0.39 is 0 Å². The summed E-state index contributed by atoms with van der Waals surface area (Å²) in [6.45, 7) is 0.446. The molecule has 0 amide bonds. The van der Waals surface area contributed by atoms with E-state index in [4.69, 9.17) is 10.5 Å². The summed E-state index contributed by atoms with van der Waals surface area (Å²) in [5.41, 5.74) is 6.72. The normalized spacial score (nSPS) is 12.9. The van der Waals surface area contributed by atoms with Gasteiger partial charge in [-0.1, -0.05) is 6.07 Å². The Morgan fingerprint density at radius 2 is 2.31 bits per heavy atom. The fraction of sp³-hybridized carbons (Fsp3) is 0.333. The van der Waals surface area contributed by atoms with E-state index in [0.29, 0.717) is 6.61 Å². The number of hydrogen-bond acceptors (Lipinski definition) is 2. The number of benzene rings is 1. The van der Waals surface area contributed by atoms with Gasteiger partial charge in [0.1, 0.15) is 5.82 Å². The Morgan fingerprint density at radius 3 is 2.85 bits per heavy atom. The SMILES string of the molecule is COC[C@@H](N)c1ccc(F)cc1I. The Balaban J connectivity index is 2.88. The minimum absolute atomic E-state index is 0.183. The minimum Gasteiger partial charge on any atom is -0.383 e. The Kier molecular flexibility index (Phi) is 4.08. The molecule has 0 fully saturated rings.